The molecule has 0 saturated carbocycles. The van der Waals surface area contributed by atoms with Gasteiger partial charge in [-0.05, 0) is 38.7 Å². The summed E-state index contributed by atoms with van der Waals surface area (Å²) in [7, 11) is 4.09. The normalized spacial score (nSPS) is 10.3. The van der Waals surface area contributed by atoms with Gasteiger partial charge in [0.15, 0.2) is 0 Å². The van der Waals surface area contributed by atoms with E-state index in [4.69, 9.17) is 4.74 Å². The maximum atomic E-state index is 5.67. The molecule has 2 rings (SSSR count). The SMILES string of the molecule is CC.Cc1c[nH]c2cc(OCCN(C)C)ccc12. The molecule has 0 aliphatic heterocycles. The largest absolute Gasteiger partial charge is 0.492 e. The van der Waals surface area contributed by atoms with Crippen LogP contribution in [0.5, 0.6) is 5.75 Å². The minimum Gasteiger partial charge on any atom is -0.492 e. The molecule has 2 aromatic rings. The lowest BCUT2D eigenvalue weighted by molar-refractivity contribution is 0.261. The molecule has 18 heavy (non-hydrogen) atoms. The van der Waals surface area contributed by atoms with Crippen LogP contribution >= 0.6 is 0 Å². The van der Waals surface area contributed by atoms with Crippen LogP contribution in [0.25, 0.3) is 10.9 Å². The highest BCUT2D eigenvalue weighted by Gasteiger charge is 2.01. The number of fused-ring (bicyclic) bond motifs is 1. The van der Waals surface area contributed by atoms with Gasteiger partial charge in [-0.25, -0.2) is 0 Å². The Morgan fingerprint density at radius 2 is 1.94 bits per heavy atom. The Bertz CT molecular complexity index is 474. The highest BCUT2D eigenvalue weighted by atomic mass is 16.5. The molecule has 0 radical (unpaired) electrons. The van der Waals surface area contributed by atoms with Crippen LogP contribution in [-0.2, 0) is 0 Å². The molecular weight excluding hydrogens is 224 g/mol. The molecule has 3 nitrogen and oxygen atoms in total. The zero-order valence-corrected chi connectivity index (χ0v) is 12.1. The number of nitrogens with zero attached hydrogens (tertiary/aromatic N) is 1. The fraction of sp³-hybridized carbons (Fsp3) is 0.467. The van der Waals surface area contributed by atoms with Gasteiger partial charge in [-0.2, -0.15) is 0 Å². The Hall–Kier alpha value is -1.48. The van der Waals surface area contributed by atoms with Gasteiger partial charge in [-0.15, -0.1) is 0 Å². The van der Waals surface area contributed by atoms with Crippen LogP contribution in [-0.4, -0.2) is 37.1 Å². The summed E-state index contributed by atoms with van der Waals surface area (Å²) in [5.41, 5.74) is 2.41. The molecule has 1 N–H and O–H groups in total. The predicted molar refractivity (Wildman–Crippen MR) is 78.4 cm³/mol. The van der Waals surface area contributed by atoms with Crippen LogP contribution in [0, 0.1) is 6.92 Å². The van der Waals surface area contributed by atoms with Crippen LogP contribution in [0.3, 0.4) is 0 Å². The number of likely N-dealkylation sites (N-methyl/N-ethyl adjacent to an activating group) is 1. The van der Waals surface area contributed by atoms with E-state index < -0.39 is 0 Å². The number of aromatic nitrogens is 1. The number of hydrogen-bond donors (Lipinski definition) is 1. The highest BCUT2D eigenvalue weighted by molar-refractivity contribution is 5.84. The average Bonchev–Trinajstić information content (AvgIpc) is 2.73. The molecule has 3 heteroatoms. The first kappa shape index (κ1) is 14.6. The Balaban J connectivity index is 0.000000771. The molecule has 0 spiro atoms. The van der Waals surface area contributed by atoms with E-state index in [1.807, 2.05) is 40.2 Å². The summed E-state index contributed by atoms with van der Waals surface area (Å²) in [4.78, 5) is 5.35. The van der Waals surface area contributed by atoms with Gasteiger partial charge >= 0.3 is 0 Å². The standard InChI is InChI=1S/C13H18N2O.C2H6/c1-10-9-14-13-8-11(4-5-12(10)13)16-7-6-15(2)3;1-2/h4-5,8-9,14H,6-7H2,1-3H3;1-2H3. The van der Waals surface area contributed by atoms with Crippen LogP contribution in [0.15, 0.2) is 24.4 Å². The lowest BCUT2D eigenvalue weighted by Crippen LogP contribution is -2.19. The van der Waals surface area contributed by atoms with Gasteiger partial charge in [0.1, 0.15) is 12.4 Å². The van der Waals surface area contributed by atoms with E-state index in [9.17, 15) is 0 Å². The summed E-state index contributed by atoms with van der Waals surface area (Å²) in [6.07, 6.45) is 2.02. The first-order chi connectivity index (χ1) is 8.66. The summed E-state index contributed by atoms with van der Waals surface area (Å²) in [6.45, 7) is 7.76. The van der Waals surface area contributed by atoms with Crippen molar-refractivity contribution < 1.29 is 4.74 Å². The summed E-state index contributed by atoms with van der Waals surface area (Å²) >= 11 is 0. The predicted octanol–water partition coefficient (Wildman–Crippen LogP) is 3.44. The maximum absolute atomic E-state index is 5.67. The van der Waals surface area contributed by atoms with Crippen molar-refractivity contribution in [2.75, 3.05) is 27.2 Å². The van der Waals surface area contributed by atoms with Crippen molar-refractivity contribution in [1.82, 2.24) is 9.88 Å². The minimum atomic E-state index is 0.720. The van der Waals surface area contributed by atoms with Crippen LogP contribution < -0.4 is 4.74 Å². The molecule has 0 aliphatic rings. The van der Waals surface area contributed by atoms with Gasteiger partial charge < -0.3 is 14.6 Å². The van der Waals surface area contributed by atoms with Gasteiger partial charge in [0.25, 0.3) is 0 Å². The zero-order valence-electron chi connectivity index (χ0n) is 12.1. The van der Waals surface area contributed by atoms with Crippen molar-refractivity contribution in [2.45, 2.75) is 20.8 Å². The first-order valence-electron chi connectivity index (χ1n) is 6.52. The second kappa shape index (κ2) is 7.07. The van der Waals surface area contributed by atoms with Crippen LogP contribution in [0.2, 0.25) is 0 Å². The molecule has 0 atom stereocenters. The Labute approximate surface area is 110 Å². The molecule has 1 heterocycles. The zero-order chi connectivity index (χ0) is 13.5. The lowest BCUT2D eigenvalue weighted by atomic mass is 10.2. The van der Waals surface area contributed by atoms with Crippen molar-refractivity contribution in [1.29, 1.82) is 0 Å². The van der Waals surface area contributed by atoms with E-state index in [2.05, 4.69) is 28.9 Å². The number of ether oxygens (including phenoxy) is 1. The van der Waals surface area contributed by atoms with Crippen molar-refractivity contribution in [3.05, 3.63) is 30.0 Å². The first-order valence-corrected chi connectivity index (χ1v) is 6.52. The van der Waals surface area contributed by atoms with Gasteiger partial charge in [0, 0.05) is 29.7 Å². The van der Waals surface area contributed by atoms with E-state index in [0.717, 1.165) is 24.4 Å². The van der Waals surface area contributed by atoms with Crippen LogP contribution in [0.1, 0.15) is 19.4 Å². The summed E-state index contributed by atoms with van der Waals surface area (Å²) in [5.74, 6) is 0.927. The second-order valence-corrected chi connectivity index (χ2v) is 4.33. The summed E-state index contributed by atoms with van der Waals surface area (Å²) in [6, 6.07) is 6.18. The Kier molecular flexibility index (Phi) is 5.72. The number of aromatic amines is 1. The highest BCUT2D eigenvalue weighted by Crippen LogP contribution is 2.22. The fourth-order valence-corrected chi connectivity index (χ4v) is 1.69. The van der Waals surface area contributed by atoms with E-state index in [0.29, 0.717) is 0 Å². The number of H-pyrrole nitrogens is 1. The molecule has 0 fully saturated rings. The molecule has 0 saturated heterocycles. The van der Waals surface area contributed by atoms with Gasteiger partial charge in [-0.3, -0.25) is 0 Å². The quantitative estimate of drug-likeness (QED) is 0.897. The van der Waals surface area contributed by atoms with E-state index in [1.165, 1.54) is 10.9 Å². The van der Waals surface area contributed by atoms with Crippen molar-refractivity contribution in [2.24, 2.45) is 0 Å². The molecule has 0 amide bonds. The van der Waals surface area contributed by atoms with E-state index in [-0.39, 0.29) is 0 Å². The maximum Gasteiger partial charge on any atom is 0.121 e. The Morgan fingerprint density at radius 1 is 1.22 bits per heavy atom. The van der Waals surface area contributed by atoms with E-state index >= 15 is 0 Å². The molecule has 0 bridgehead atoms. The van der Waals surface area contributed by atoms with Gasteiger partial charge in [0.05, 0.1) is 0 Å². The third-order valence-electron chi connectivity index (χ3n) is 2.67. The smallest absolute Gasteiger partial charge is 0.121 e. The minimum absolute atomic E-state index is 0.720. The Morgan fingerprint density at radius 3 is 2.61 bits per heavy atom. The number of rotatable bonds is 4. The van der Waals surface area contributed by atoms with Crippen LogP contribution in [0.4, 0.5) is 0 Å². The van der Waals surface area contributed by atoms with Crippen molar-refractivity contribution in [3.63, 3.8) is 0 Å². The molecule has 1 aromatic carbocycles. The van der Waals surface area contributed by atoms with Crippen molar-refractivity contribution >= 4 is 10.9 Å². The monoisotopic (exact) mass is 248 g/mol. The second-order valence-electron chi connectivity index (χ2n) is 4.33. The number of nitrogens with one attached hydrogen (secondary N) is 1. The molecule has 1 aromatic heterocycles. The van der Waals surface area contributed by atoms with E-state index in [1.54, 1.807) is 0 Å². The average molecular weight is 248 g/mol. The molecule has 0 unspecified atom stereocenters. The number of benzene rings is 1. The summed E-state index contributed by atoms with van der Waals surface area (Å²) < 4.78 is 5.67. The van der Waals surface area contributed by atoms with Gasteiger partial charge in [0.2, 0.25) is 0 Å². The lowest BCUT2D eigenvalue weighted by Gasteiger charge is -2.10. The van der Waals surface area contributed by atoms with Crippen molar-refractivity contribution in [3.8, 4) is 5.75 Å². The molecular formula is C15H24N2O. The topological polar surface area (TPSA) is 28.3 Å². The fourth-order valence-electron chi connectivity index (χ4n) is 1.69. The number of aryl methyl sites for hydroxylation is 1. The molecule has 0 aliphatic carbocycles. The summed E-state index contributed by atoms with van der Waals surface area (Å²) in [5, 5.41) is 1.26. The third kappa shape index (κ3) is 3.77. The van der Waals surface area contributed by atoms with Gasteiger partial charge in [-0.1, -0.05) is 13.8 Å². The number of hydrogen-bond acceptors (Lipinski definition) is 2. The molecule has 100 valence electrons. The third-order valence-corrected chi connectivity index (χ3v) is 2.67.